The van der Waals surface area contributed by atoms with Crippen LogP contribution >= 0.6 is 22.7 Å². The molecule has 22 heavy (non-hydrogen) atoms. The number of aryl methyl sites for hydroxylation is 2. The highest BCUT2D eigenvalue weighted by Gasteiger charge is 2.17. The summed E-state index contributed by atoms with van der Waals surface area (Å²) in [6.45, 7) is 3.85. The lowest BCUT2D eigenvalue weighted by molar-refractivity contribution is 0.102. The predicted molar refractivity (Wildman–Crippen MR) is 89.5 cm³/mol. The van der Waals surface area contributed by atoms with Crippen LogP contribution in [-0.2, 0) is 6.42 Å². The quantitative estimate of drug-likeness (QED) is 0.790. The molecule has 3 rings (SSSR count). The van der Waals surface area contributed by atoms with Crippen LogP contribution in [0.2, 0.25) is 0 Å². The van der Waals surface area contributed by atoms with Crippen molar-refractivity contribution in [3.05, 3.63) is 45.9 Å². The first-order valence-corrected chi connectivity index (χ1v) is 8.47. The molecule has 5 nitrogen and oxygen atoms in total. The Balaban J connectivity index is 1.82. The van der Waals surface area contributed by atoms with Gasteiger partial charge in [0, 0.05) is 5.56 Å². The number of amides is 1. The van der Waals surface area contributed by atoms with Crippen LogP contribution in [-0.4, -0.2) is 21.1 Å². The van der Waals surface area contributed by atoms with E-state index in [1.54, 1.807) is 0 Å². The van der Waals surface area contributed by atoms with Gasteiger partial charge in [-0.1, -0.05) is 48.6 Å². The Morgan fingerprint density at radius 1 is 1.18 bits per heavy atom. The summed E-state index contributed by atoms with van der Waals surface area (Å²) in [5.41, 5.74) is 1.74. The Bertz CT molecular complexity index is 795. The molecule has 1 N–H and O–H groups in total. The van der Waals surface area contributed by atoms with Gasteiger partial charge in [-0.15, -0.1) is 21.5 Å². The van der Waals surface area contributed by atoms with Gasteiger partial charge in [-0.05, 0) is 13.3 Å². The maximum atomic E-state index is 12.4. The van der Waals surface area contributed by atoms with Crippen LogP contribution in [0, 0.1) is 6.92 Å². The lowest BCUT2D eigenvalue weighted by Gasteiger charge is -1.97. The first-order valence-electron chi connectivity index (χ1n) is 6.84. The van der Waals surface area contributed by atoms with Crippen molar-refractivity contribution < 1.29 is 4.79 Å². The highest BCUT2D eigenvalue weighted by Crippen LogP contribution is 2.28. The highest BCUT2D eigenvalue weighted by molar-refractivity contribution is 7.17. The Kier molecular flexibility index (Phi) is 4.26. The molecule has 112 valence electrons. The van der Waals surface area contributed by atoms with Crippen molar-refractivity contribution in [2.24, 2.45) is 0 Å². The third kappa shape index (κ3) is 3.05. The molecule has 0 aliphatic rings. The van der Waals surface area contributed by atoms with Crippen LogP contribution in [0.3, 0.4) is 0 Å². The molecule has 0 saturated heterocycles. The molecule has 0 bridgehead atoms. The second kappa shape index (κ2) is 6.33. The van der Waals surface area contributed by atoms with Crippen molar-refractivity contribution in [2.45, 2.75) is 20.3 Å². The zero-order valence-corrected chi connectivity index (χ0v) is 13.8. The second-order valence-electron chi connectivity index (χ2n) is 4.61. The molecule has 2 aromatic heterocycles. The zero-order valence-electron chi connectivity index (χ0n) is 12.2. The van der Waals surface area contributed by atoms with Gasteiger partial charge in [0.15, 0.2) is 0 Å². The number of anilines is 1. The summed E-state index contributed by atoms with van der Waals surface area (Å²) in [7, 11) is 0. The van der Waals surface area contributed by atoms with Gasteiger partial charge in [-0.3, -0.25) is 10.1 Å². The Hall–Kier alpha value is -2.12. The molecule has 0 atom stereocenters. The molecule has 0 saturated carbocycles. The molecular weight excluding hydrogens is 316 g/mol. The van der Waals surface area contributed by atoms with E-state index in [-0.39, 0.29) is 5.91 Å². The number of nitrogens with zero attached hydrogens (tertiary/aromatic N) is 3. The number of hydrogen-bond donors (Lipinski definition) is 1. The first kappa shape index (κ1) is 14.8. The minimum absolute atomic E-state index is 0.184. The van der Waals surface area contributed by atoms with Crippen molar-refractivity contribution in [3.63, 3.8) is 0 Å². The largest absolute Gasteiger partial charge is 0.296 e. The number of carbonyl (C=O) groups excluding carboxylic acids is 1. The first-order chi connectivity index (χ1) is 10.7. The van der Waals surface area contributed by atoms with Gasteiger partial charge >= 0.3 is 0 Å². The smallest absolute Gasteiger partial charge is 0.269 e. The summed E-state index contributed by atoms with van der Waals surface area (Å²) < 4.78 is 0. The van der Waals surface area contributed by atoms with Gasteiger partial charge in [0.1, 0.15) is 14.9 Å². The van der Waals surface area contributed by atoms with Crippen molar-refractivity contribution in [2.75, 3.05) is 5.32 Å². The molecule has 2 heterocycles. The van der Waals surface area contributed by atoms with Gasteiger partial charge in [0.2, 0.25) is 5.13 Å². The molecule has 1 amide bonds. The number of hydrogen-bond acceptors (Lipinski definition) is 6. The van der Waals surface area contributed by atoms with E-state index in [0.717, 1.165) is 27.7 Å². The van der Waals surface area contributed by atoms with Gasteiger partial charge in [0.25, 0.3) is 5.91 Å². The van der Waals surface area contributed by atoms with Crippen LogP contribution in [0.4, 0.5) is 5.13 Å². The maximum Gasteiger partial charge on any atom is 0.269 e. The second-order valence-corrected chi connectivity index (χ2v) is 6.67. The fraction of sp³-hybridized carbons (Fsp3) is 0.200. The fourth-order valence-electron chi connectivity index (χ4n) is 1.91. The van der Waals surface area contributed by atoms with Gasteiger partial charge in [0.05, 0.1) is 5.69 Å². The molecule has 0 fully saturated rings. The normalized spacial score (nSPS) is 10.6. The predicted octanol–water partition coefficient (Wildman–Crippen LogP) is 3.78. The van der Waals surface area contributed by atoms with E-state index in [1.165, 1.54) is 22.7 Å². The highest BCUT2D eigenvalue weighted by atomic mass is 32.1. The monoisotopic (exact) mass is 330 g/mol. The number of nitrogens with one attached hydrogen (secondary N) is 1. The van der Waals surface area contributed by atoms with E-state index in [4.69, 9.17) is 0 Å². The minimum Gasteiger partial charge on any atom is -0.296 e. The number of rotatable bonds is 4. The Morgan fingerprint density at radius 2 is 1.95 bits per heavy atom. The third-order valence-electron chi connectivity index (χ3n) is 3.01. The van der Waals surface area contributed by atoms with Gasteiger partial charge in [-0.2, -0.15) is 0 Å². The number of aromatic nitrogens is 3. The van der Waals surface area contributed by atoms with Gasteiger partial charge in [-0.25, -0.2) is 4.98 Å². The fourth-order valence-corrected chi connectivity index (χ4v) is 3.55. The topological polar surface area (TPSA) is 67.8 Å². The molecule has 0 radical (unpaired) electrons. The molecule has 0 spiro atoms. The van der Waals surface area contributed by atoms with Crippen molar-refractivity contribution in [1.82, 2.24) is 15.2 Å². The number of thiazole rings is 1. The van der Waals surface area contributed by atoms with E-state index < -0.39 is 0 Å². The van der Waals surface area contributed by atoms with Crippen LogP contribution < -0.4 is 5.32 Å². The Morgan fingerprint density at radius 3 is 2.64 bits per heavy atom. The van der Waals surface area contributed by atoms with E-state index in [2.05, 4.69) is 20.5 Å². The molecule has 3 aromatic rings. The maximum absolute atomic E-state index is 12.4. The Labute approximate surface area is 136 Å². The SMILES string of the molecule is CCc1nnc(NC(=O)c2sc(-c3ccccc3)nc2C)s1. The van der Waals surface area contributed by atoms with Crippen molar-refractivity contribution in [1.29, 1.82) is 0 Å². The average molecular weight is 330 g/mol. The van der Waals surface area contributed by atoms with E-state index in [9.17, 15) is 4.79 Å². The summed E-state index contributed by atoms with van der Waals surface area (Å²) in [6, 6.07) is 9.84. The number of carbonyl (C=O) groups is 1. The average Bonchev–Trinajstić information content (AvgIpc) is 3.14. The lowest BCUT2D eigenvalue weighted by atomic mass is 10.2. The molecule has 0 unspecified atom stereocenters. The van der Waals surface area contributed by atoms with Gasteiger partial charge < -0.3 is 0 Å². The van der Waals surface area contributed by atoms with Crippen LogP contribution in [0.5, 0.6) is 0 Å². The summed E-state index contributed by atoms with van der Waals surface area (Å²) in [5.74, 6) is -0.184. The zero-order chi connectivity index (χ0) is 15.5. The standard InChI is InChI=1S/C15H14N4OS2/c1-3-11-18-19-15(21-11)17-13(20)12-9(2)16-14(22-12)10-7-5-4-6-8-10/h4-8H,3H2,1-2H3,(H,17,19,20). The summed E-state index contributed by atoms with van der Waals surface area (Å²) in [6.07, 6.45) is 0.811. The molecule has 0 aliphatic carbocycles. The molecule has 1 aromatic carbocycles. The van der Waals surface area contributed by atoms with E-state index in [1.807, 2.05) is 44.2 Å². The molecule has 7 heteroatoms. The van der Waals surface area contributed by atoms with Crippen LogP contribution in [0.15, 0.2) is 30.3 Å². The number of benzene rings is 1. The third-order valence-corrected chi connectivity index (χ3v) is 5.20. The summed E-state index contributed by atoms with van der Waals surface area (Å²) in [5, 5.41) is 13.0. The summed E-state index contributed by atoms with van der Waals surface area (Å²) >= 11 is 2.78. The molecular formula is C15H14N4OS2. The van der Waals surface area contributed by atoms with Crippen molar-refractivity contribution in [3.8, 4) is 10.6 Å². The summed E-state index contributed by atoms with van der Waals surface area (Å²) in [4.78, 5) is 17.5. The van der Waals surface area contributed by atoms with Crippen LogP contribution in [0.25, 0.3) is 10.6 Å². The molecule has 0 aliphatic heterocycles. The minimum atomic E-state index is -0.184. The lowest BCUT2D eigenvalue weighted by Crippen LogP contribution is -2.11. The van der Waals surface area contributed by atoms with Crippen LogP contribution in [0.1, 0.15) is 27.3 Å². The van der Waals surface area contributed by atoms with E-state index >= 15 is 0 Å². The van der Waals surface area contributed by atoms with Crippen molar-refractivity contribution >= 4 is 33.7 Å². The van der Waals surface area contributed by atoms with E-state index in [0.29, 0.717) is 10.0 Å².